The third kappa shape index (κ3) is 4.82. The van der Waals surface area contributed by atoms with E-state index in [9.17, 15) is 0 Å². The van der Waals surface area contributed by atoms with Gasteiger partial charge in [-0.25, -0.2) is 0 Å². The summed E-state index contributed by atoms with van der Waals surface area (Å²) < 4.78 is 0. The van der Waals surface area contributed by atoms with Crippen molar-refractivity contribution in [2.45, 2.75) is 61.3 Å². The topological polar surface area (TPSA) is 0 Å². The van der Waals surface area contributed by atoms with E-state index >= 15 is 0 Å². The summed E-state index contributed by atoms with van der Waals surface area (Å²) in [5.41, 5.74) is 4.57. The van der Waals surface area contributed by atoms with Crippen molar-refractivity contribution in [1.82, 2.24) is 0 Å². The number of aryl methyl sites for hydroxylation is 1. The predicted octanol–water partition coefficient (Wildman–Crippen LogP) is 7.61. The highest BCUT2D eigenvalue weighted by atomic mass is 14.2. The van der Waals surface area contributed by atoms with Crippen molar-refractivity contribution >= 4 is 16.8 Å². The summed E-state index contributed by atoms with van der Waals surface area (Å²) in [6.45, 7) is 6.10. The van der Waals surface area contributed by atoms with E-state index in [1.165, 1.54) is 29.2 Å². The Morgan fingerprint density at radius 1 is 1.09 bits per heavy atom. The molecule has 1 aliphatic carbocycles. The Kier molecular flexibility index (Phi) is 9.97. The zero-order chi connectivity index (χ0) is 15.1. The van der Waals surface area contributed by atoms with Crippen LogP contribution in [-0.2, 0) is 12.8 Å². The Hall–Kier alpha value is -1.82. The van der Waals surface area contributed by atoms with Crippen LogP contribution >= 0.6 is 0 Å². The van der Waals surface area contributed by atoms with Gasteiger partial charge in [0.15, 0.2) is 0 Å². The van der Waals surface area contributed by atoms with Gasteiger partial charge in [0.25, 0.3) is 0 Å². The normalized spacial score (nSPS) is 12.0. The van der Waals surface area contributed by atoms with Crippen LogP contribution in [0.25, 0.3) is 16.8 Å². The zero-order valence-corrected chi connectivity index (χ0v) is 13.5. The third-order valence-corrected chi connectivity index (χ3v) is 3.96. The molecule has 0 bridgehead atoms. The van der Waals surface area contributed by atoms with Crippen LogP contribution in [-0.4, -0.2) is 0 Å². The second kappa shape index (κ2) is 10.8. The van der Waals surface area contributed by atoms with Crippen LogP contribution in [0.1, 0.15) is 65.2 Å². The molecular weight excluding hydrogens is 276 g/mol. The summed E-state index contributed by atoms with van der Waals surface area (Å²) in [5.74, 6) is 0. The molecule has 126 valence electrons. The van der Waals surface area contributed by atoms with Crippen LogP contribution in [0, 0.1) is 0 Å². The molecule has 0 aliphatic heterocycles. The lowest BCUT2D eigenvalue weighted by molar-refractivity contribution is 0.924. The Morgan fingerprint density at radius 3 is 2.57 bits per heavy atom. The van der Waals surface area contributed by atoms with Gasteiger partial charge in [-0.05, 0) is 66.1 Å². The van der Waals surface area contributed by atoms with E-state index in [1.807, 2.05) is 13.8 Å². The van der Waals surface area contributed by atoms with Crippen LogP contribution in [0.2, 0.25) is 0 Å². The van der Waals surface area contributed by atoms with E-state index in [4.69, 9.17) is 0 Å². The van der Waals surface area contributed by atoms with Crippen molar-refractivity contribution in [2.24, 2.45) is 0 Å². The van der Waals surface area contributed by atoms with Crippen LogP contribution < -0.4 is 0 Å². The summed E-state index contributed by atoms with van der Waals surface area (Å²) in [5, 5.41) is 2.82. The molecule has 0 saturated carbocycles. The maximum Gasteiger partial charge on any atom is -0.0149 e. The first kappa shape index (κ1) is 21.2. The molecular formula is C23H34. The average molecular weight is 311 g/mol. The van der Waals surface area contributed by atoms with Crippen LogP contribution in [0.5, 0.6) is 0 Å². The van der Waals surface area contributed by atoms with Gasteiger partial charge >= 0.3 is 0 Å². The van der Waals surface area contributed by atoms with E-state index in [0.29, 0.717) is 0 Å². The molecule has 0 nitrogen and oxygen atoms in total. The van der Waals surface area contributed by atoms with Gasteiger partial charge < -0.3 is 0 Å². The van der Waals surface area contributed by atoms with Gasteiger partial charge in [-0.15, -0.1) is 0 Å². The molecule has 0 atom stereocenters. The van der Waals surface area contributed by atoms with Gasteiger partial charge in [-0.2, -0.15) is 0 Å². The molecule has 0 amide bonds. The fourth-order valence-electron chi connectivity index (χ4n) is 3.05. The summed E-state index contributed by atoms with van der Waals surface area (Å²) in [6, 6.07) is 11.2. The van der Waals surface area contributed by atoms with Gasteiger partial charge in [0, 0.05) is 0 Å². The molecule has 0 spiro atoms. The lowest BCUT2D eigenvalue weighted by atomic mass is 9.86. The third-order valence-electron chi connectivity index (χ3n) is 3.96. The highest BCUT2D eigenvalue weighted by Crippen LogP contribution is 2.31. The molecule has 2 aromatic rings. The second-order valence-electron chi connectivity index (χ2n) is 5.19. The largest absolute Gasteiger partial charge is 0.0917 e. The molecule has 23 heavy (non-hydrogen) atoms. The maximum absolute atomic E-state index is 2.35. The molecule has 0 fully saturated rings. The number of hydrogen-bond donors (Lipinski definition) is 0. The molecule has 1 aliphatic rings. The molecule has 0 heteroatoms. The molecule has 3 rings (SSSR count). The molecule has 0 radical (unpaired) electrons. The minimum Gasteiger partial charge on any atom is -0.0917 e. The number of allylic oxidation sites excluding steroid dienone is 3. The predicted molar refractivity (Wildman–Crippen MR) is 109 cm³/mol. The zero-order valence-electron chi connectivity index (χ0n) is 13.5. The monoisotopic (exact) mass is 310 g/mol. The molecule has 0 unspecified atom stereocenters. The van der Waals surface area contributed by atoms with Crippen LogP contribution in [0.15, 0.2) is 48.6 Å². The summed E-state index contributed by atoms with van der Waals surface area (Å²) in [7, 11) is 0. The van der Waals surface area contributed by atoms with Crippen molar-refractivity contribution in [2.75, 3.05) is 0 Å². The van der Waals surface area contributed by atoms with Gasteiger partial charge in [0.2, 0.25) is 0 Å². The SMILES string of the molecule is C.C.CC.CC=CCCc1c2c(cc3ccccc13)C=CCC2. The smallest absolute Gasteiger partial charge is 0.0149 e. The Morgan fingerprint density at radius 2 is 1.83 bits per heavy atom. The van der Waals surface area contributed by atoms with E-state index in [-0.39, 0.29) is 14.9 Å². The molecule has 0 saturated heterocycles. The number of rotatable bonds is 3. The Bertz CT molecular complexity index is 644. The van der Waals surface area contributed by atoms with Crippen molar-refractivity contribution in [3.05, 3.63) is 65.3 Å². The van der Waals surface area contributed by atoms with Crippen LogP contribution in [0.3, 0.4) is 0 Å². The van der Waals surface area contributed by atoms with Gasteiger partial charge in [0.05, 0.1) is 0 Å². The van der Waals surface area contributed by atoms with Crippen molar-refractivity contribution in [3.63, 3.8) is 0 Å². The van der Waals surface area contributed by atoms with Crippen molar-refractivity contribution in [1.29, 1.82) is 0 Å². The summed E-state index contributed by atoms with van der Waals surface area (Å²) >= 11 is 0. The van der Waals surface area contributed by atoms with E-state index < -0.39 is 0 Å². The van der Waals surface area contributed by atoms with E-state index in [0.717, 1.165) is 12.8 Å². The lowest BCUT2D eigenvalue weighted by Crippen LogP contribution is -2.02. The summed E-state index contributed by atoms with van der Waals surface area (Å²) in [6.07, 6.45) is 13.7. The highest BCUT2D eigenvalue weighted by molar-refractivity contribution is 5.90. The first-order chi connectivity index (χ1) is 10.4. The first-order valence-electron chi connectivity index (χ1n) is 8.21. The quantitative estimate of drug-likeness (QED) is 0.512. The second-order valence-corrected chi connectivity index (χ2v) is 5.19. The Labute approximate surface area is 143 Å². The van der Waals surface area contributed by atoms with Gasteiger partial charge in [0.1, 0.15) is 0 Å². The van der Waals surface area contributed by atoms with Crippen molar-refractivity contribution in [3.8, 4) is 0 Å². The highest BCUT2D eigenvalue weighted by Gasteiger charge is 2.13. The minimum absolute atomic E-state index is 0. The number of benzene rings is 2. The Balaban J connectivity index is 0.00000117. The summed E-state index contributed by atoms with van der Waals surface area (Å²) in [4.78, 5) is 0. The number of hydrogen-bond acceptors (Lipinski definition) is 0. The lowest BCUT2D eigenvalue weighted by Gasteiger charge is -2.18. The number of fused-ring (bicyclic) bond motifs is 2. The first-order valence-corrected chi connectivity index (χ1v) is 8.21. The average Bonchev–Trinajstić information content (AvgIpc) is 2.56. The fraction of sp³-hybridized carbons (Fsp3) is 0.391. The minimum atomic E-state index is 0. The van der Waals surface area contributed by atoms with Gasteiger partial charge in [-0.3, -0.25) is 0 Å². The van der Waals surface area contributed by atoms with Crippen LogP contribution in [0.4, 0.5) is 0 Å². The molecule has 2 aromatic carbocycles. The maximum atomic E-state index is 2.35. The molecule has 0 heterocycles. The van der Waals surface area contributed by atoms with Crippen molar-refractivity contribution < 1.29 is 0 Å². The molecule has 0 aromatic heterocycles. The van der Waals surface area contributed by atoms with E-state index in [2.05, 4.69) is 61.6 Å². The van der Waals surface area contributed by atoms with E-state index in [1.54, 1.807) is 11.1 Å². The standard InChI is InChI=1S/C19H20.C2H6.2CH4/c1-2-3-4-13-19-17-11-7-5-9-15(17)14-16-10-6-8-12-18(16)19;1-2;;/h2-3,5-7,9-11,14H,4,8,12-13H2,1H3;1-2H3;2*1H4. The van der Waals surface area contributed by atoms with Gasteiger partial charge in [-0.1, -0.05) is 77.3 Å². The fourth-order valence-corrected chi connectivity index (χ4v) is 3.05. The molecule has 0 N–H and O–H groups in total.